The van der Waals surface area contributed by atoms with Gasteiger partial charge in [0.2, 0.25) is 5.91 Å². The SMILES string of the molecule is CN1C(=O)c2cc(NS(=O)(=O)c3cccc(F)c3)ccc2OC[C@@H]2O[C@H](CC(=O)N3CCc4ccccc4C3)CC[C@H]21. The quantitative estimate of drug-likeness (QED) is 0.480. The van der Waals surface area contributed by atoms with Gasteiger partial charge >= 0.3 is 0 Å². The molecule has 3 aliphatic heterocycles. The summed E-state index contributed by atoms with van der Waals surface area (Å²) in [5.41, 5.74) is 2.82. The summed E-state index contributed by atoms with van der Waals surface area (Å²) in [6.45, 7) is 1.46. The molecule has 1 N–H and O–H groups in total. The van der Waals surface area contributed by atoms with Crippen LogP contribution in [0.4, 0.5) is 10.1 Å². The zero-order valence-corrected chi connectivity index (χ0v) is 24.0. The number of hydrogen-bond acceptors (Lipinski definition) is 6. The highest BCUT2D eigenvalue weighted by molar-refractivity contribution is 7.92. The molecular formula is C31H32FN3O6S. The topological polar surface area (TPSA) is 105 Å². The number of amides is 2. The van der Waals surface area contributed by atoms with Crippen LogP contribution < -0.4 is 9.46 Å². The van der Waals surface area contributed by atoms with Crippen molar-refractivity contribution < 1.29 is 31.9 Å². The van der Waals surface area contributed by atoms with Crippen LogP contribution in [0.1, 0.15) is 40.7 Å². The molecule has 11 heteroatoms. The van der Waals surface area contributed by atoms with Crippen LogP contribution in [0, 0.1) is 5.82 Å². The number of anilines is 1. The van der Waals surface area contributed by atoms with Gasteiger partial charge in [0.15, 0.2) is 0 Å². The van der Waals surface area contributed by atoms with Crippen molar-refractivity contribution >= 4 is 27.5 Å². The lowest BCUT2D eigenvalue weighted by molar-refractivity contribution is -0.143. The van der Waals surface area contributed by atoms with E-state index in [4.69, 9.17) is 9.47 Å². The van der Waals surface area contributed by atoms with Gasteiger partial charge in [-0.2, -0.15) is 0 Å². The number of rotatable bonds is 5. The first-order valence-corrected chi connectivity index (χ1v) is 15.5. The first kappa shape index (κ1) is 28.2. The van der Waals surface area contributed by atoms with E-state index in [0.29, 0.717) is 31.7 Å². The van der Waals surface area contributed by atoms with Gasteiger partial charge in [0.05, 0.1) is 29.0 Å². The maximum atomic E-state index is 13.6. The van der Waals surface area contributed by atoms with Gasteiger partial charge in [-0.15, -0.1) is 0 Å². The van der Waals surface area contributed by atoms with Crippen molar-refractivity contribution in [1.29, 1.82) is 0 Å². The van der Waals surface area contributed by atoms with E-state index >= 15 is 0 Å². The number of carbonyl (C=O) groups is 2. The number of sulfonamides is 1. The summed E-state index contributed by atoms with van der Waals surface area (Å²) in [5.74, 6) is -0.651. The first-order chi connectivity index (χ1) is 20.2. The van der Waals surface area contributed by atoms with Gasteiger partial charge in [0.25, 0.3) is 15.9 Å². The maximum absolute atomic E-state index is 13.6. The molecule has 0 bridgehead atoms. The van der Waals surface area contributed by atoms with Crippen LogP contribution in [-0.2, 0) is 32.5 Å². The largest absolute Gasteiger partial charge is 0.490 e. The minimum atomic E-state index is -4.07. The monoisotopic (exact) mass is 593 g/mol. The molecule has 0 unspecified atom stereocenters. The van der Waals surface area contributed by atoms with Crippen molar-refractivity contribution in [3.05, 3.63) is 89.2 Å². The molecule has 3 aromatic carbocycles. The lowest BCUT2D eigenvalue weighted by Gasteiger charge is -2.42. The fraction of sp³-hybridized carbons (Fsp3) is 0.355. The Balaban J connectivity index is 1.13. The predicted octanol–water partition coefficient (Wildman–Crippen LogP) is 3.98. The Morgan fingerprint density at radius 2 is 1.86 bits per heavy atom. The number of carbonyl (C=O) groups excluding carboxylic acids is 2. The molecule has 0 spiro atoms. The molecule has 1 saturated heterocycles. The molecule has 2 amide bonds. The predicted molar refractivity (Wildman–Crippen MR) is 153 cm³/mol. The van der Waals surface area contributed by atoms with Gasteiger partial charge in [-0.1, -0.05) is 30.3 Å². The molecule has 0 aromatic heterocycles. The minimum Gasteiger partial charge on any atom is -0.490 e. The van der Waals surface area contributed by atoms with Gasteiger partial charge in [-0.3, -0.25) is 14.3 Å². The third-order valence-corrected chi connectivity index (χ3v) is 9.63. The van der Waals surface area contributed by atoms with Gasteiger partial charge < -0.3 is 19.3 Å². The van der Waals surface area contributed by atoms with Crippen LogP contribution in [0.15, 0.2) is 71.6 Å². The fourth-order valence-electron chi connectivity index (χ4n) is 5.97. The molecule has 1 fully saturated rings. The number of benzene rings is 3. The zero-order chi connectivity index (χ0) is 29.4. The molecule has 0 radical (unpaired) electrons. The van der Waals surface area contributed by atoms with E-state index in [0.717, 1.165) is 18.6 Å². The van der Waals surface area contributed by atoms with E-state index in [1.807, 2.05) is 17.0 Å². The number of hydrogen-bond donors (Lipinski definition) is 1. The van der Waals surface area contributed by atoms with Crippen LogP contribution in [-0.4, -0.2) is 68.5 Å². The molecule has 220 valence electrons. The van der Waals surface area contributed by atoms with Crippen molar-refractivity contribution in [1.82, 2.24) is 9.80 Å². The molecule has 6 rings (SSSR count). The summed E-state index contributed by atoms with van der Waals surface area (Å²) in [4.78, 5) is 30.0. The number of likely N-dealkylation sites (N-methyl/N-ethyl adjacent to an activating group) is 1. The Labute approximate surface area is 244 Å². The van der Waals surface area contributed by atoms with Crippen molar-refractivity contribution in [2.75, 3.05) is 24.9 Å². The average molecular weight is 594 g/mol. The molecule has 3 aliphatic rings. The third-order valence-electron chi connectivity index (χ3n) is 8.26. The molecule has 9 nitrogen and oxygen atoms in total. The van der Waals surface area contributed by atoms with Crippen molar-refractivity contribution in [3.8, 4) is 5.75 Å². The van der Waals surface area contributed by atoms with Gasteiger partial charge in [-0.25, -0.2) is 12.8 Å². The van der Waals surface area contributed by atoms with E-state index in [2.05, 4.69) is 16.9 Å². The van der Waals surface area contributed by atoms with E-state index < -0.39 is 21.9 Å². The summed E-state index contributed by atoms with van der Waals surface area (Å²) in [5, 5.41) is 0. The molecule has 3 heterocycles. The number of ether oxygens (including phenoxy) is 2. The normalized spacial score (nSPS) is 22.1. The molecule has 3 atom stereocenters. The second-order valence-electron chi connectivity index (χ2n) is 11.0. The molecule has 42 heavy (non-hydrogen) atoms. The van der Waals surface area contributed by atoms with Gasteiger partial charge in [0.1, 0.15) is 24.3 Å². The maximum Gasteiger partial charge on any atom is 0.261 e. The molecule has 3 aromatic rings. The Morgan fingerprint density at radius 1 is 1.05 bits per heavy atom. The Morgan fingerprint density at radius 3 is 2.67 bits per heavy atom. The van der Waals surface area contributed by atoms with Crippen LogP contribution in [0.5, 0.6) is 5.75 Å². The number of fused-ring (bicyclic) bond motifs is 3. The lowest BCUT2D eigenvalue weighted by Crippen LogP contribution is -2.54. The zero-order valence-electron chi connectivity index (χ0n) is 23.2. The Bertz CT molecular complexity index is 1630. The second kappa shape index (κ2) is 11.4. The highest BCUT2D eigenvalue weighted by Crippen LogP contribution is 2.33. The van der Waals surface area contributed by atoms with E-state index in [1.54, 1.807) is 11.9 Å². The summed E-state index contributed by atoms with van der Waals surface area (Å²) in [6.07, 6.45) is 1.67. The van der Waals surface area contributed by atoms with Gasteiger partial charge in [-0.05, 0) is 66.8 Å². The first-order valence-electron chi connectivity index (χ1n) is 14.0. The highest BCUT2D eigenvalue weighted by Gasteiger charge is 2.39. The van der Waals surface area contributed by atoms with E-state index in [1.165, 1.54) is 41.5 Å². The van der Waals surface area contributed by atoms with Crippen LogP contribution >= 0.6 is 0 Å². The molecular weight excluding hydrogens is 561 g/mol. The summed E-state index contributed by atoms with van der Waals surface area (Å²) < 4.78 is 54.0. The number of halogens is 1. The van der Waals surface area contributed by atoms with Gasteiger partial charge in [0, 0.05) is 25.8 Å². The van der Waals surface area contributed by atoms with Crippen LogP contribution in [0.25, 0.3) is 0 Å². The smallest absolute Gasteiger partial charge is 0.261 e. The van der Waals surface area contributed by atoms with E-state index in [9.17, 15) is 22.4 Å². The van der Waals surface area contributed by atoms with Crippen molar-refractivity contribution in [2.45, 2.75) is 55.4 Å². The van der Waals surface area contributed by atoms with Crippen LogP contribution in [0.3, 0.4) is 0 Å². The summed E-state index contributed by atoms with van der Waals surface area (Å²) in [7, 11) is -2.38. The average Bonchev–Trinajstić information content (AvgIpc) is 2.99. The fourth-order valence-corrected chi connectivity index (χ4v) is 7.05. The van der Waals surface area contributed by atoms with Crippen LogP contribution in [0.2, 0.25) is 0 Å². The third kappa shape index (κ3) is 5.71. The highest BCUT2D eigenvalue weighted by atomic mass is 32.2. The van der Waals surface area contributed by atoms with E-state index in [-0.39, 0.29) is 53.1 Å². The van der Waals surface area contributed by atoms with Crippen molar-refractivity contribution in [3.63, 3.8) is 0 Å². The second-order valence-corrected chi connectivity index (χ2v) is 12.7. The summed E-state index contributed by atoms with van der Waals surface area (Å²) >= 11 is 0. The number of nitrogens with zero attached hydrogens (tertiary/aromatic N) is 2. The Hall–Kier alpha value is -3.96. The molecule has 0 aliphatic carbocycles. The standard InChI is InChI=1S/C31H32FN3O6S/c1-34-27-11-10-24(17-30(36)35-14-13-20-5-2-3-6-21(20)18-35)41-29(27)19-40-28-12-9-23(16-26(28)31(34)37)33-42(38,39)25-8-4-7-22(32)15-25/h2-9,12,15-16,24,27,29,33H,10-11,13-14,17-19H2,1H3/t24-,27+,29-/m0/s1. The Kier molecular flexibility index (Phi) is 7.63. The van der Waals surface area contributed by atoms with Crippen molar-refractivity contribution in [2.24, 2.45) is 0 Å². The summed E-state index contributed by atoms with van der Waals surface area (Å²) in [6, 6.07) is 17.0. The minimum absolute atomic E-state index is 0.0581. The molecule has 0 saturated carbocycles. The number of nitrogens with one attached hydrogen (secondary N) is 1. The lowest BCUT2D eigenvalue weighted by atomic mass is 9.94.